The van der Waals surface area contributed by atoms with Crippen molar-refractivity contribution in [3.05, 3.63) is 0 Å². The maximum Gasteiger partial charge on any atom is 0.256 e. The molecular formula is C8H8N2O7. The first-order valence-corrected chi connectivity index (χ1v) is 4.82. The van der Waals surface area contributed by atoms with Gasteiger partial charge in [-0.15, -0.1) is 10.1 Å². The van der Waals surface area contributed by atoms with Crippen LogP contribution in [0.4, 0.5) is 0 Å². The number of carbonyl (C=O) groups excluding carboxylic acids is 4. The third-order valence-electron chi connectivity index (χ3n) is 2.22. The summed E-state index contributed by atoms with van der Waals surface area (Å²) in [5.41, 5.74) is 0. The molecule has 2 saturated heterocycles. The van der Waals surface area contributed by atoms with Crippen LogP contribution in [-0.2, 0) is 34.2 Å². The lowest BCUT2D eigenvalue weighted by Crippen LogP contribution is -2.34. The molecule has 9 nitrogen and oxygen atoms in total. The SMILES string of the molecule is O=C1CCC(=O)N1OOON1C(=O)CCC1=O. The maximum absolute atomic E-state index is 11.0. The molecule has 0 aromatic carbocycles. The summed E-state index contributed by atoms with van der Waals surface area (Å²) in [6.45, 7) is 0. The Bertz CT molecular complexity index is 325. The molecular weight excluding hydrogens is 236 g/mol. The lowest BCUT2D eigenvalue weighted by atomic mass is 10.4. The molecule has 0 aromatic heterocycles. The van der Waals surface area contributed by atoms with Crippen molar-refractivity contribution in [2.24, 2.45) is 0 Å². The zero-order valence-corrected chi connectivity index (χ0v) is 8.58. The van der Waals surface area contributed by atoms with Crippen LogP contribution >= 0.6 is 0 Å². The summed E-state index contributed by atoms with van der Waals surface area (Å²) >= 11 is 0. The van der Waals surface area contributed by atoms with Crippen molar-refractivity contribution in [3.8, 4) is 0 Å². The monoisotopic (exact) mass is 244 g/mol. The van der Waals surface area contributed by atoms with Crippen LogP contribution in [0, 0.1) is 0 Å². The minimum Gasteiger partial charge on any atom is -0.272 e. The fourth-order valence-corrected chi connectivity index (χ4v) is 1.35. The van der Waals surface area contributed by atoms with Crippen LogP contribution < -0.4 is 0 Å². The second-order valence-corrected chi connectivity index (χ2v) is 3.38. The van der Waals surface area contributed by atoms with Crippen molar-refractivity contribution >= 4 is 23.6 Å². The van der Waals surface area contributed by atoms with Crippen LogP contribution in [0.3, 0.4) is 0 Å². The van der Waals surface area contributed by atoms with Gasteiger partial charge >= 0.3 is 0 Å². The number of rotatable bonds is 4. The van der Waals surface area contributed by atoms with Gasteiger partial charge in [0.2, 0.25) is 0 Å². The molecule has 2 fully saturated rings. The number of amides is 4. The van der Waals surface area contributed by atoms with E-state index in [9.17, 15) is 19.2 Å². The Balaban J connectivity index is 1.79. The molecule has 0 unspecified atom stereocenters. The van der Waals surface area contributed by atoms with Gasteiger partial charge in [0.05, 0.1) is 0 Å². The fraction of sp³-hybridized carbons (Fsp3) is 0.500. The van der Waals surface area contributed by atoms with Crippen molar-refractivity contribution in [1.29, 1.82) is 0 Å². The molecule has 92 valence electrons. The van der Waals surface area contributed by atoms with Crippen LogP contribution in [0.25, 0.3) is 0 Å². The van der Waals surface area contributed by atoms with E-state index in [2.05, 4.69) is 15.0 Å². The smallest absolute Gasteiger partial charge is 0.256 e. The van der Waals surface area contributed by atoms with Gasteiger partial charge in [0.1, 0.15) is 0 Å². The quantitative estimate of drug-likeness (QED) is 0.354. The van der Waals surface area contributed by atoms with E-state index < -0.39 is 23.6 Å². The average Bonchev–Trinajstić information content (AvgIpc) is 2.77. The van der Waals surface area contributed by atoms with Crippen molar-refractivity contribution in [2.75, 3.05) is 0 Å². The molecule has 2 aliphatic rings. The summed E-state index contributed by atoms with van der Waals surface area (Å²) in [5.74, 6) is -2.34. The maximum atomic E-state index is 11.0. The minimum atomic E-state index is -0.585. The van der Waals surface area contributed by atoms with E-state index in [-0.39, 0.29) is 25.7 Å². The molecule has 9 heteroatoms. The standard InChI is InChI=1S/C8H8N2O7/c11-5-1-2-6(12)9(5)15-17-16-10-7(13)3-4-8(10)14/h1-4H2. The summed E-state index contributed by atoms with van der Waals surface area (Å²) in [7, 11) is 0. The highest BCUT2D eigenvalue weighted by molar-refractivity contribution is 6.01. The fourth-order valence-electron chi connectivity index (χ4n) is 1.35. The number of nitrogens with zero attached hydrogens (tertiary/aromatic N) is 2. The van der Waals surface area contributed by atoms with E-state index in [0.717, 1.165) is 0 Å². The van der Waals surface area contributed by atoms with E-state index in [1.165, 1.54) is 0 Å². The molecule has 0 spiro atoms. The Labute approximate surface area is 94.6 Å². The van der Waals surface area contributed by atoms with Gasteiger partial charge in [0, 0.05) is 25.7 Å². The zero-order valence-electron chi connectivity index (χ0n) is 8.58. The highest BCUT2D eigenvalue weighted by atomic mass is 17.6. The van der Waals surface area contributed by atoms with Gasteiger partial charge in [-0.05, 0) is 5.04 Å². The normalized spacial score (nSPS) is 20.9. The van der Waals surface area contributed by atoms with Crippen LogP contribution in [0.5, 0.6) is 0 Å². The van der Waals surface area contributed by atoms with Crippen LogP contribution in [0.2, 0.25) is 0 Å². The molecule has 0 atom stereocenters. The van der Waals surface area contributed by atoms with E-state index in [1.807, 2.05) is 0 Å². The molecule has 0 saturated carbocycles. The Morgan fingerprint density at radius 1 is 0.647 bits per heavy atom. The van der Waals surface area contributed by atoms with Crippen molar-refractivity contribution in [3.63, 3.8) is 0 Å². The van der Waals surface area contributed by atoms with Gasteiger partial charge < -0.3 is 0 Å². The van der Waals surface area contributed by atoms with Crippen molar-refractivity contribution in [1.82, 2.24) is 10.1 Å². The molecule has 0 N–H and O–H groups in total. The Morgan fingerprint density at radius 2 is 0.941 bits per heavy atom. The molecule has 0 radical (unpaired) electrons. The average molecular weight is 244 g/mol. The van der Waals surface area contributed by atoms with Gasteiger partial charge in [-0.3, -0.25) is 19.2 Å². The first-order valence-electron chi connectivity index (χ1n) is 4.82. The predicted octanol–water partition coefficient (Wildman–Crippen LogP) is -1.01. The second-order valence-electron chi connectivity index (χ2n) is 3.38. The molecule has 0 bridgehead atoms. The van der Waals surface area contributed by atoms with E-state index in [1.54, 1.807) is 0 Å². The van der Waals surface area contributed by atoms with Crippen molar-refractivity contribution in [2.45, 2.75) is 25.7 Å². The molecule has 0 aromatic rings. The Morgan fingerprint density at radius 3 is 1.24 bits per heavy atom. The zero-order chi connectivity index (χ0) is 12.4. The summed E-state index contributed by atoms with van der Waals surface area (Å²) in [4.78, 5) is 52.7. The highest BCUT2D eigenvalue weighted by Gasteiger charge is 2.34. The van der Waals surface area contributed by atoms with E-state index in [4.69, 9.17) is 0 Å². The van der Waals surface area contributed by atoms with Crippen LogP contribution in [-0.4, -0.2) is 33.8 Å². The van der Waals surface area contributed by atoms with Crippen molar-refractivity contribution < 1.29 is 34.2 Å². The first-order chi connectivity index (χ1) is 8.09. The van der Waals surface area contributed by atoms with Gasteiger partial charge in [-0.2, -0.15) is 0 Å². The number of hydrogen-bond acceptors (Lipinski definition) is 7. The van der Waals surface area contributed by atoms with Gasteiger partial charge in [-0.1, -0.05) is 9.98 Å². The summed E-state index contributed by atoms with van der Waals surface area (Å²) < 4.78 is 0. The van der Waals surface area contributed by atoms with E-state index in [0.29, 0.717) is 10.1 Å². The summed E-state index contributed by atoms with van der Waals surface area (Å²) in [5, 5.41) is 4.78. The lowest BCUT2D eigenvalue weighted by molar-refractivity contribution is -0.600. The Kier molecular flexibility index (Phi) is 3.13. The van der Waals surface area contributed by atoms with Crippen LogP contribution in [0.1, 0.15) is 25.7 Å². The highest BCUT2D eigenvalue weighted by Crippen LogP contribution is 2.15. The molecule has 0 aliphatic carbocycles. The van der Waals surface area contributed by atoms with Gasteiger partial charge in [-0.25, -0.2) is 0 Å². The van der Waals surface area contributed by atoms with Crippen LogP contribution in [0.15, 0.2) is 0 Å². The summed E-state index contributed by atoms with van der Waals surface area (Å²) in [6.07, 6.45) is 0.0705. The number of hydrogen-bond donors (Lipinski definition) is 0. The van der Waals surface area contributed by atoms with Gasteiger partial charge in [0.25, 0.3) is 23.6 Å². The first kappa shape index (κ1) is 11.6. The number of hydroxylamine groups is 4. The predicted molar refractivity (Wildman–Crippen MR) is 45.4 cm³/mol. The third kappa shape index (κ3) is 2.30. The topological polar surface area (TPSA) is 102 Å². The molecule has 4 amide bonds. The number of carbonyl (C=O) groups is 4. The molecule has 2 heterocycles. The third-order valence-corrected chi connectivity index (χ3v) is 2.22. The number of imide groups is 2. The largest absolute Gasteiger partial charge is 0.272 e. The molecule has 2 aliphatic heterocycles. The Hall–Kier alpha value is -1.84. The van der Waals surface area contributed by atoms with Gasteiger partial charge in [0.15, 0.2) is 0 Å². The minimum absolute atomic E-state index is 0.0176. The molecule has 17 heavy (non-hydrogen) atoms. The molecule has 2 rings (SSSR count). The summed E-state index contributed by atoms with van der Waals surface area (Å²) in [6, 6.07) is 0. The second kappa shape index (κ2) is 4.57. The van der Waals surface area contributed by atoms with E-state index >= 15 is 0 Å². The lowest BCUT2D eigenvalue weighted by Gasteiger charge is -2.13.